The second kappa shape index (κ2) is 8.87. The average Bonchev–Trinajstić information content (AvgIpc) is 2.60. The highest BCUT2D eigenvalue weighted by Gasteiger charge is 2.28. The third-order valence-corrected chi connectivity index (χ3v) is 5.73. The Morgan fingerprint density at radius 3 is 2.50 bits per heavy atom. The van der Waals surface area contributed by atoms with Gasteiger partial charge in [0.05, 0.1) is 6.42 Å². The lowest BCUT2D eigenvalue weighted by Crippen LogP contribution is -2.47. The van der Waals surface area contributed by atoms with Crippen molar-refractivity contribution in [2.24, 2.45) is 5.92 Å². The fourth-order valence-electron chi connectivity index (χ4n) is 4.14. The Balaban J connectivity index is 1.52. The monoisotopic (exact) mass is 348 g/mol. The number of hydrogen-bond donors (Lipinski definition) is 1. The zero-order chi connectivity index (χ0) is 16.8. The minimum atomic E-state index is 0.146. The number of carbonyl (C=O) groups excluding carboxylic acids is 1. The van der Waals surface area contributed by atoms with Crippen molar-refractivity contribution in [2.45, 2.75) is 57.4 Å². The second-order valence-electron chi connectivity index (χ2n) is 7.38. The molecule has 1 saturated heterocycles. The normalized spacial score (nSPS) is 25.4. The fourth-order valence-corrected chi connectivity index (χ4v) is 4.26. The van der Waals surface area contributed by atoms with Gasteiger partial charge in [-0.25, -0.2) is 0 Å². The van der Waals surface area contributed by atoms with Gasteiger partial charge in [-0.3, -0.25) is 4.79 Å². The van der Waals surface area contributed by atoms with Crippen LogP contribution in [0.15, 0.2) is 24.3 Å². The van der Waals surface area contributed by atoms with Crippen LogP contribution in [-0.4, -0.2) is 36.5 Å². The van der Waals surface area contributed by atoms with Crippen molar-refractivity contribution in [2.75, 3.05) is 19.6 Å². The highest BCUT2D eigenvalue weighted by Crippen LogP contribution is 2.26. The summed E-state index contributed by atoms with van der Waals surface area (Å²) in [4.78, 5) is 15.1. The first kappa shape index (κ1) is 17.8. The van der Waals surface area contributed by atoms with Crippen molar-refractivity contribution in [3.8, 4) is 0 Å². The van der Waals surface area contributed by atoms with Crippen molar-refractivity contribution < 1.29 is 4.79 Å². The Hall–Kier alpha value is -1.06. The number of carbonyl (C=O) groups is 1. The molecular weight excluding hydrogens is 320 g/mol. The van der Waals surface area contributed by atoms with E-state index in [-0.39, 0.29) is 5.91 Å². The molecule has 2 atom stereocenters. The first-order chi connectivity index (χ1) is 11.7. The van der Waals surface area contributed by atoms with Crippen LogP contribution in [0.2, 0.25) is 5.02 Å². The van der Waals surface area contributed by atoms with Crippen molar-refractivity contribution in [1.82, 2.24) is 10.2 Å². The maximum Gasteiger partial charge on any atom is 0.224 e. The molecule has 1 saturated carbocycles. The lowest BCUT2D eigenvalue weighted by atomic mass is 9.83. The molecule has 1 amide bonds. The summed E-state index contributed by atoms with van der Waals surface area (Å²) in [6.45, 7) is 3.63. The van der Waals surface area contributed by atoms with Crippen LogP contribution in [0.5, 0.6) is 0 Å². The maximum absolute atomic E-state index is 12.4. The zero-order valence-electron chi connectivity index (χ0n) is 14.5. The van der Waals surface area contributed by atoms with Crippen LogP contribution >= 0.6 is 11.6 Å². The molecule has 1 aliphatic carbocycles. The van der Waals surface area contributed by atoms with Crippen LogP contribution < -0.4 is 5.32 Å². The molecule has 2 fully saturated rings. The van der Waals surface area contributed by atoms with Gasteiger partial charge in [0.1, 0.15) is 0 Å². The van der Waals surface area contributed by atoms with E-state index >= 15 is 0 Å². The second-order valence-corrected chi connectivity index (χ2v) is 7.82. The van der Waals surface area contributed by atoms with Gasteiger partial charge in [0, 0.05) is 17.6 Å². The summed E-state index contributed by atoms with van der Waals surface area (Å²) >= 11 is 5.91. The number of rotatable bonds is 5. The SMILES string of the molecule is O=C(Cc1ccc(Cl)cc1)NC1CCCCC1CN1CCCCC1. The molecule has 1 aromatic carbocycles. The Bertz CT molecular complexity index is 525. The lowest BCUT2D eigenvalue weighted by Gasteiger charge is -2.37. The minimum absolute atomic E-state index is 0.146. The number of nitrogens with one attached hydrogen (secondary N) is 1. The summed E-state index contributed by atoms with van der Waals surface area (Å²) in [6, 6.07) is 7.93. The van der Waals surface area contributed by atoms with Gasteiger partial charge in [-0.1, -0.05) is 43.0 Å². The summed E-state index contributed by atoms with van der Waals surface area (Å²) in [5.41, 5.74) is 1.03. The quantitative estimate of drug-likeness (QED) is 0.870. The Morgan fingerprint density at radius 1 is 1.04 bits per heavy atom. The Kier molecular flexibility index (Phi) is 6.56. The lowest BCUT2D eigenvalue weighted by molar-refractivity contribution is -0.121. The molecule has 1 aromatic rings. The molecule has 24 heavy (non-hydrogen) atoms. The van der Waals surface area contributed by atoms with Crippen molar-refractivity contribution >= 4 is 17.5 Å². The Morgan fingerprint density at radius 2 is 1.75 bits per heavy atom. The predicted molar refractivity (Wildman–Crippen MR) is 99.3 cm³/mol. The van der Waals surface area contributed by atoms with Gasteiger partial charge in [0.15, 0.2) is 0 Å². The van der Waals surface area contributed by atoms with Gasteiger partial charge in [-0.2, -0.15) is 0 Å². The average molecular weight is 349 g/mol. The number of hydrogen-bond acceptors (Lipinski definition) is 2. The van der Waals surface area contributed by atoms with E-state index in [4.69, 9.17) is 11.6 Å². The van der Waals surface area contributed by atoms with Gasteiger partial charge in [-0.05, 0) is 62.4 Å². The number of likely N-dealkylation sites (tertiary alicyclic amines) is 1. The van der Waals surface area contributed by atoms with Gasteiger partial charge in [0.2, 0.25) is 5.91 Å². The summed E-state index contributed by atoms with van der Waals surface area (Å²) in [5.74, 6) is 0.763. The van der Waals surface area contributed by atoms with Crippen molar-refractivity contribution in [3.05, 3.63) is 34.9 Å². The molecule has 1 heterocycles. The maximum atomic E-state index is 12.4. The van der Waals surface area contributed by atoms with Crippen LogP contribution in [0.4, 0.5) is 0 Å². The van der Waals surface area contributed by atoms with Crippen LogP contribution in [0, 0.1) is 5.92 Å². The number of piperidine rings is 1. The molecule has 0 radical (unpaired) electrons. The summed E-state index contributed by atoms with van der Waals surface area (Å²) in [5, 5.41) is 4.04. The zero-order valence-corrected chi connectivity index (χ0v) is 15.2. The molecule has 0 bridgehead atoms. The molecule has 4 heteroatoms. The molecule has 3 nitrogen and oxygen atoms in total. The molecular formula is C20H29ClN2O. The first-order valence-electron chi connectivity index (χ1n) is 9.47. The predicted octanol–water partition coefficient (Wildman–Crippen LogP) is 4.04. The Labute approximate surface area is 150 Å². The van der Waals surface area contributed by atoms with Gasteiger partial charge < -0.3 is 10.2 Å². The molecule has 1 N–H and O–H groups in total. The summed E-state index contributed by atoms with van der Waals surface area (Å²) in [6.07, 6.45) is 9.42. The van der Waals surface area contributed by atoms with E-state index in [0.29, 0.717) is 23.4 Å². The summed E-state index contributed by atoms with van der Waals surface area (Å²) < 4.78 is 0. The largest absolute Gasteiger partial charge is 0.353 e. The van der Waals surface area contributed by atoms with E-state index in [1.165, 1.54) is 51.6 Å². The summed E-state index contributed by atoms with van der Waals surface area (Å²) in [7, 11) is 0. The first-order valence-corrected chi connectivity index (χ1v) is 9.84. The van der Waals surface area contributed by atoms with Crippen molar-refractivity contribution in [1.29, 1.82) is 0 Å². The number of halogens is 1. The smallest absolute Gasteiger partial charge is 0.224 e. The highest BCUT2D eigenvalue weighted by atomic mass is 35.5. The van der Waals surface area contributed by atoms with Gasteiger partial charge in [0.25, 0.3) is 0 Å². The third kappa shape index (κ3) is 5.22. The number of amides is 1. The van der Waals surface area contributed by atoms with E-state index in [1.54, 1.807) is 0 Å². The number of benzene rings is 1. The van der Waals surface area contributed by atoms with Crippen LogP contribution in [-0.2, 0) is 11.2 Å². The molecule has 1 aliphatic heterocycles. The topological polar surface area (TPSA) is 32.3 Å². The fraction of sp³-hybridized carbons (Fsp3) is 0.650. The molecule has 2 aliphatic rings. The van der Waals surface area contributed by atoms with Crippen LogP contribution in [0.25, 0.3) is 0 Å². The van der Waals surface area contributed by atoms with Gasteiger partial charge in [-0.15, -0.1) is 0 Å². The molecule has 2 unspecified atom stereocenters. The highest BCUT2D eigenvalue weighted by molar-refractivity contribution is 6.30. The van der Waals surface area contributed by atoms with E-state index in [1.807, 2.05) is 24.3 Å². The van der Waals surface area contributed by atoms with Crippen molar-refractivity contribution in [3.63, 3.8) is 0 Å². The van der Waals surface area contributed by atoms with E-state index in [0.717, 1.165) is 18.5 Å². The van der Waals surface area contributed by atoms with E-state index < -0.39 is 0 Å². The van der Waals surface area contributed by atoms with E-state index in [2.05, 4.69) is 10.2 Å². The minimum Gasteiger partial charge on any atom is -0.353 e. The molecule has 0 spiro atoms. The van der Waals surface area contributed by atoms with Crippen LogP contribution in [0.3, 0.4) is 0 Å². The third-order valence-electron chi connectivity index (χ3n) is 5.47. The van der Waals surface area contributed by atoms with E-state index in [9.17, 15) is 4.79 Å². The van der Waals surface area contributed by atoms with Gasteiger partial charge >= 0.3 is 0 Å². The molecule has 0 aromatic heterocycles. The van der Waals surface area contributed by atoms with Crippen LogP contribution in [0.1, 0.15) is 50.5 Å². The molecule has 132 valence electrons. The number of nitrogens with zero attached hydrogens (tertiary/aromatic N) is 1. The standard InChI is InChI=1S/C20H29ClN2O/c21-18-10-8-16(9-11-18)14-20(24)22-19-7-3-2-6-17(19)15-23-12-4-1-5-13-23/h8-11,17,19H,1-7,12-15H2,(H,22,24). The molecule has 3 rings (SSSR count).